The van der Waals surface area contributed by atoms with Crippen LogP contribution in [0.5, 0.6) is 0 Å². The molecule has 1 amide bonds. The molecule has 0 spiro atoms. The number of carbonyl (C=O) groups excluding carboxylic acids is 1. The van der Waals surface area contributed by atoms with Crippen molar-refractivity contribution in [3.63, 3.8) is 0 Å². The molecule has 46 heavy (non-hydrogen) atoms. The molecule has 0 fully saturated rings. The van der Waals surface area contributed by atoms with Crippen molar-refractivity contribution < 1.29 is 15.0 Å². The van der Waals surface area contributed by atoms with E-state index in [2.05, 4.69) is 60.8 Å². The molecule has 266 valence electrons. The summed E-state index contributed by atoms with van der Waals surface area (Å²) >= 11 is 0. The molecule has 0 heterocycles. The quantitative estimate of drug-likeness (QED) is 0.0483. The lowest BCUT2D eigenvalue weighted by Crippen LogP contribution is -2.45. The van der Waals surface area contributed by atoms with Crippen LogP contribution < -0.4 is 5.32 Å². The maximum atomic E-state index is 12.3. The van der Waals surface area contributed by atoms with Gasteiger partial charge in [0.25, 0.3) is 0 Å². The highest BCUT2D eigenvalue weighted by Crippen LogP contribution is 2.13. The van der Waals surface area contributed by atoms with Gasteiger partial charge in [0, 0.05) is 6.42 Å². The summed E-state index contributed by atoms with van der Waals surface area (Å²) in [5, 5.41) is 22.8. The number of hydrogen-bond donors (Lipinski definition) is 3. The SMILES string of the molecule is C/C=C/CC/C=C/CC/C=C/C(O)C(CO)NC(=O)CCCCCCCCCCC/C=C\C/C=C\CCCCCCCCCCC. The van der Waals surface area contributed by atoms with Crippen molar-refractivity contribution >= 4 is 5.91 Å². The van der Waals surface area contributed by atoms with Crippen LogP contribution in [-0.4, -0.2) is 34.9 Å². The van der Waals surface area contributed by atoms with Gasteiger partial charge < -0.3 is 15.5 Å². The lowest BCUT2D eigenvalue weighted by molar-refractivity contribution is -0.123. The Labute approximate surface area is 286 Å². The van der Waals surface area contributed by atoms with Crippen LogP contribution in [0.2, 0.25) is 0 Å². The first kappa shape index (κ1) is 44.1. The molecule has 3 N–H and O–H groups in total. The summed E-state index contributed by atoms with van der Waals surface area (Å²) in [6.45, 7) is 4.05. The fraction of sp³-hybridized carbons (Fsp3) is 0.738. The van der Waals surface area contributed by atoms with Gasteiger partial charge >= 0.3 is 0 Å². The second-order valence-electron chi connectivity index (χ2n) is 13.0. The van der Waals surface area contributed by atoms with E-state index in [1.807, 2.05) is 13.0 Å². The predicted molar refractivity (Wildman–Crippen MR) is 202 cm³/mol. The Morgan fingerprint density at radius 3 is 1.50 bits per heavy atom. The molecule has 4 heteroatoms. The second kappa shape index (κ2) is 37.5. The number of hydrogen-bond acceptors (Lipinski definition) is 3. The van der Waals surface area contributed by atoms with Gasteiger partial charge in [-0.2, -0.15) is 0 Å². The molecular formula is C42H75NO3. The third-order valence-corrected chi connectivity index (χ3v) is 8.55. The third kappa shape index (κ3) is 33.5. The number of aliphatic hydroxyl groups excluding tert-OH is 2. The first-order chi connectivity index (χ1) is 22.7. The molecule has 2 unspecified atom stereocenters. The van der Waals surface area contributed by atoms with Gasteiger partial charge in [0.05, 0.1) is 18.8 Å². The second-order valence-corrected chi connectivity index (χ2v) is 13.0. The van der Waals surface area contributed by atoms with Crippen molar-refractivity contribution in [2.45, 2.75) is 193 Å². The molecule has 0 aliphatic heterocycles. The largest absolute Gasteiger partial charge is 0.394 e. The Hall–Kier alpha value is -1.91. The van der Waals surface area contributed by atoms with Crippen molar-refractivity contribution in [2.75, 3.05) is 6.61 Å². The number of unbranched alkanes of at least 4 members (excludes halogenated alkanes) is 20. The summed E-state index contributed by atoms with van der Waals surface area (Å²) in [4.78, 5) is 12.3. The number of aliphatic hydroxyl groups is 2. The van der Waals surface area contributed by atoms with Crippen LogP contribution in [0.1, 0.15) is 181 Å². The first-order valence-corrected chi connectivity index (χ1v) is 19.5. The van der Waals surface area contributed by atoms with Crippen molar-refractivity contribution in [3.05, 3.63) is 60.8 Å². The van der Waals surface area contributed by atoms with E-state index < -0.39 is 12.1 Å². The molecule has 0 radical (unpaired) electrons. The fourth-order valence-corrected chi connectivity index (χ4v) is 5.54. The minimum Gasteiger partial charge on any atom is -0.394 e. The minimum absolute atomic E-state index is 0.0882. The number of carbonyl (C=O) groups is 1. The Balaban J connectivity index is 3.57. The Morgan fingerprint density at radius 1 is 0.565 bits per heavy atom. The van der Waals surface area contributed by atoms with Gasteiger partial charge in [0.1, 0.15) is 0 Å². The van der Waals surface area contributed by atoms with E-state index >= 15 is 0 Å². The molecule has 0 saturated carbocycles. The van der Waals surface area contributed by atoms with Gasteiger partial charge in [-0.1, -0.05) is 164 Å². The van der Waals surface area contributed by atoms with Crippen LogP contribution in [0, 0.1) is 0 Å². The van der Waals surface area contributed by atoms with Crippen molar-refractivity contribution in [1.29, 1.82) is 0 Å². The van der Waals surface area contributed by atoms with Gasteiger partial charge in [0.2, 0.25) is 5.91 Å². The summed E-state index contributed by atoms with van der Waals surface area (Å²) in [5.41, 5.74) is 0. The highest BCUT2D eigenvalue weighted by Gasteiger charge is 2.17. The van der Waals surface area contributed by atoms with Gasteiger partial charge in [0.15, 0.2) is 0 Å². The molecule has 2 atom stereocenters. The molecule has 0 aromatic carbocycles. The van der Waals surface area contributed by atoms with E-state index in [0.29, 0.717) is 6.42 Å². The topological polar surface area (TPSA) is 69.6 Å². The van der Waals surface area contributed by atoms with Crippen molar-refractivity contribution in [1.82, 2.24) is 5.32 Å². The number of rotatable bonds is 34. The van der Waals surface area contributed by atoms with Crippen LogP contribution in [0.3, 0.4) is 0 Å². The van der Waals surface area contributed by atoms with E-state index in [0.717, 1.165) is 44.9 Å². The maximum absolute atomic E-state index is 12.3. The predicted octanol–water partition coefficient (Wildman–Crippen LogP) is 11.8. The lowest BCUT2D eigenvalue weighted by atomic mass is 10.1. The van der Waals surface area contributed by atoms with E-state index in [1.165, 1.54) is 116 Å². The van der Waals surface area contributed by atoms with Crippen molar-refractivity contribution in [2.24, 2.45) is 0 Å². The van der Waals surface area contributed by atoms with Gasteiger partial charge in [-0.15, -0.1) is 0 Å². The molecule has 0 aliphatic carbocycles. The van der Waals surface area contributed by atoms with E-state index in [9.17, 15) is 15.0 Å². The molecule has 0 aromatic heterocycles. The molecular weight excluding hydrogens is 566 g/mol. The zero-order chi connectivity index (χ0) is 33.6. The molecule has 0 rings (SSSR count). The smallest absolute Gasteiger partial charge is 0.220 e. The summed E-state index contributed by atoms with van der Waals surface area (Å²) < 4.78 is 0. The molecule has 0 saturated heterocycles. The van der Waals surface area contributed by atoms with Crippen LogP contribution in [-0.2, 0) is 4.79 Å². The zero-order valence-corrected chi connectivity index (χ0v) is 30.3. The number of allylic oxidation sites excluding steroid dienone is 9. The van der Waals surface area contributed by atoms with E-state index in [1.54, 1.807) is 6.08 Å². The standard InChI is InChI=1S/C42H75NO3/c1-3-5-7-9-11-13-14-15-16-17-18-19-20-21-22-23-24-25-26-27-28-30-32-34-36-38-42(46)43-40(39-44)41(45)37-35-33-31-29-12-10-8-6-4-2/h4,6,12,18-19,21-22,29,35,37,40-41,44-45H,3,5,7-11,13-17,20,23-28,30-34,36,38-39H2,1-2H3,(H,43,46)/b6-4+,19-18-,22-21-,29-12+,37-35+. The van der Waals surface area contributed by atoms with Crippen LogP contribution >= 0.6 is 0 Å². The summed E-state index contributed by atoms with van der Waals surface area (Å²) in [7, 11) is 0. The summed E-state index contributed by atoms with van der Waals surface area (Å²) in [6, 6.07) is -0.647. The third-order valence-electron chi connectivity index (χ3n) is 8.55. The minimum atomic E-state index is -0.870. The molecule has 0 aromatic rings. The van der Waals surface area contributed by atoms with Crippen LogP contribution in [0.4, 0.5) is 0 Å². The van der Waals surface area contributed by atoms with Gasteiger partial charge in [-0.3, -0.25) is 4.79 Å². The highest BCUT2D eigenvalue weighted by molar-refractivity contribution is 5.76. The Morgan fingerprint density at radius 2 is 1.00 bits per heavy atom. The van der Waals surface area contributed by atoms with E-state index in [-0.39, 0.29) is 12.5 Å². The Kier molecular flexibility index (Phi) is 36.0. The lowest BCUT2D eigenvalue weighted by Gasteiger charge is -2.19. The monoisotopic (exact) mass is 642 g/mol. The summed E-state index contributed by atoms with van der Waals surface area (Å²) in [6.07, 6.45) is 52.0. The summed E-state index contributed by atoms with van der Waals surface area (Å²) in [5.74, 6) is -0.0882. The molecule has 0 aliphatic rings. The normalized spacial score (nSPS) is 13.7. The van der Waals surface area contributed by atoms with Gasteiger partial charge in [-0.05, 0) is 71.1 Å². The Bertz CT molecular complexity index is 782. The first-order valence-electron chi connectivity index (χ1n) is 19.5. The van der Waals surface area contributed by atoms with Crippen LogP contribution in [0.15, 0.2) is 60.8 Å². The highest BCUT2D eigenvalue weighted by atomic mass is 16.3. The van der Waals surface area contributed by atoms with Crippen molar-refractivity contribution in [3.8, 4) is 0 Å². The molecule has 4 nitrogen and oxygen atoms in total. The number of amides is 1. The maximum Gasteiger partial charge on any atom is 0.220 e. The van der Waals surface area contributed by atoms with E-state index in [4.69, 9.17) is 0 Å². The fourth-order valence-electron chi connectivity index (χ4n) is 5.54. The average molecular weight is 642 g/mol. The average Bonchev–Trinajstić information content (AvgIpc) is 3.06. The van der Waals surface area contributed by atoms with Gasteiger partial charge in [-0.25, -0.2) is 0 Å². The number of nitrogens with one attached hydrogen (secondary N) is 1. The zero-order valence-electron chi connectivity index (χ0n) is 30.3. The van der Waals surface area contributed by atoms with Crippen LogP contribution in [0.25, 0.3) is 0 Å². The molecule has 0 bridgehead atoms.